The van der Waals surface area contributed by atoms with Gasteiger partial charge >= 0.3 is 0 Å². The van der Waals surface area contributed by atoms with Gasteiger partial charge in [0, 0.05) is 11.5 Å². The first kappa shape index (κ1) is 18.3. The molecule has 2 aromatic rings. The summed E-state index contributed by atoms with van der Waals surface area (Å²) in [6.07, 6.45) is 3.50. The van der Waals surface area contributed by atoms with Crippen LogP contribution in [0.3, 0.4) is 0 Å². The molecule has 1 unspecified atom stereocenters. The van der Waals surface area contributed by atoms with E-state index >= 15 is 0 Å². The van der Waals surface area contributed by atoms with Crippen molar-refractivity contribution in [2.45, 2.75) is 25.2 Å². The number of aromatic nitrogens is 2. The van der Waals surface area contributed by atoms with E-state index in [1.807, 2.05) is 6.07 Å². The van der Waals surface area contributed by atoms with Crippen LogP contribution in [0.15, 0.2) is 16.7 Å². The molecule has 2 fully saturated rings. The Hall–Kier alpha value is -1.50. The van der Waals surface area contributed by atoms with Gasteiger partial charge in [-0.1, -0.05) is 16.8 Å². The SMILES string of the molecule is COc1cc(-c2noc(C3CC34CCNCC4)n2)cc(Cl)c1OC.Cl. The highest BCUT2D eigenvalue weighted by molar-refractivity contribution is 6.32. The quantitative estimate of drug-likeness (QED) is 0.865. The van der Waals surface area contributed by atoms with Crippen LogP contribution in [0.5, 0.6) is 11.5 Å². The van der Waals surface area contributed by atoms with E-state index in [0.717, 1.165) is 31.0 Å². The van der Waals surface area contributed by atoms with Crippen LogP contribution in [0.4, 0.5) is 0 Å². The van der Waals surface area contributed by atoms with Gasteiger partial charge in [-0.3, -0.25) is 0 Å². The van der Waals surface area contributed by atoms with Crippen LogP contribution in [-0.2, 0) is 0 Å². The molecule has 1 saturated carbocycles. The summed E-state index contributed by atoms with van der Waals surface area (Å²) in [5.41, 5.74) is 1.12. The molecular weight excluding hydrogens is 365 g/mol. The smallest absolute Gasteiger partial charge is 0.230 e. The lowest BCUT2D eigenvalue weighted by atomic mass is 9.92. The van der Waals surface area contributed by atoms with E-state index < -0.39 is 0 Å². The van der Waals surface area contributed by atoms with Crippen molar-refractivity contribution in [2.75, 3.05) is 27.3 Å². The van der Waals surface area contributed by atoms with E-state index in [4.69, 9.17) is 25.6 Å². The number of rotatable bonds is 4. The Morgan fingerprint density at radius 1 is 1.24 bits per heavy atom. The second kappa shape index (κ2) is 7.02. The maximum absolute atomic E-state index is 6.26. The first-order chi connectivity index (χ1) is 11.7. The highest BCUT2D eigenvalue weighted by atomic mass is 35.5. The second-order valence-electron chi connectivity index (χ2n) is 6.52. The van der Waals surface area contributed by atoms with Gasteiger partial charge in [0.15, 0.2) is 11.5 Å². The molecule has 1 aliphatic carbocycles. The van der Waals surface area contributed by atoms with E-state index in [1.165, 1.54) is 12.8 Å². The lowest BCUT2D eigenvalue weighted by Crippen LogP contribution is -2.29. The van der Waals surface area contributed by atoms with Crippen LogP contribution in [-0.4, -0.2) is 37.4 Å². The Morgan fingerprint density at radius 2 is 2.00 bits per heavy atom. The van der Waals surface area contributed by atoms with Gasteiger partial charge in [-0.05, 0) is 49.9 Å². The lowest BCUT2D eigenvalue weighted by molar-refractivity contribution is 0.311. The molecule has 0 amide bonds. The van der Waals surface area contributed by atoms with Crippen molar-refractivity contribution in [2.24, 2.45) is 5.41 Å². The predicted molar refractivity (Wildman–Crippen MR) is 97.0 cm³/mol. The molecule has 1 aliphatic heterocycles. The van der Waals surface area contributed by atoms with Crippen LogP contribution < -0.4 is 14.8 Å². The predicted octanol–water partition coefficient (Wildman–Crippen LogP) is 3.69. The minimum atomic E-state index is 0. The third-order valence-corrected chi connectivity index (χ3v) is 5.50. The molecule has 0 bridgehead atoms. The summed E-state index contributed by atoms with van der Waals surface area (Å²) in [6.45, 7) is 2.14. The number of ether oxygens (including phenoxy) is 2. The van der Waals surface area contributed by atoms with Crippen LogP contribution in [0.25, 0.3) is 11.4 Å². The summed E-state index contributed by atoms with van der Waals surface area (Å²) in [4.78, 5) is 4.61. The Kier molecular flexibility index (Phi) is 5.14. The van der Waals surface area contributed by atoms with Crippen LogP contribution in [0.1, 0.15) is 31.1 Å². The zero-order valence-corrected chi connectivity index (χ0v) is 15.7. The minimum absolute atomic E-state index is 0. The van der Waals surface area contributed by atoms with Crippen LogP contribution in [0, 0.1) is 5.41 Å². The molecule has 1 aromatic carbocycles. The summed E-state index contributed by atoms with van der Waals surface area (Å²) in [7, 11) is 3.13. The molecule has 1 spiro atoms. The summed E-state index contributed by atoms with van der Waals surface area (Å²) in [5, 5.41) is 8.00. The molecule has 1 N–H and O–H groups in total. The number of nitrogens with one attached hydrogen (secondary N) is 1. The molecule has 2 heterocycles. The summed E-state index contributed by atoms with van der Waals surface area (Å²) in [5.74, 6) is 2.70. The van der Waals surface area contributed by atoms with Crippen molar-refractivity contribution in [1.29, 1.82) is 0 Å². The number of hydrogen-bond acceptors (Lipinski definition) is 6. The number of halogens is 2. The topological polar surface area (TPSA) is 69.4 Å². The zero-order valence-electron chi connectivity index (χ0n) is 14.2. The van der Waals surface area contributed by atoms with Gasteiger partial charge in [-0.2, -0.15) is 4.98 Å². The third-order valence-electron chi connectivity index (χ3n) is 5.22. The Bertz CT molecular complexity index is 760. The van der Waals surface area contributed by atoms with Crippen molar-refractivity contribution in [3.63, 3.8) is 0 Å². The van der Waals surface area contributed by atoms with Gasteiger partial charge in [0.2, 0.25) is 11.7 Å². The highest BCUT2D eigenvalue weighted by Gasteiger charge is 2.57. The molecule has 25 heavy (non-hydrogen) atoms. The maximum Gasteiger partial charge on any atom is 0.230 e. The van der Waals surface area contributed by atoms with Crippen molar-refractivity contribution in [1.82, 2.24) is 15.5 Å². The van der Waals surface area contributed by atoms with E-state index in [0.29, 0.717) is 33.7 Å². The molecular formula is C17H21Cl2N3O3. The van der Waals surface area contributed by atoms with Gasteiger partial charge in [0.1, 0.15) is 0 Å². The Labute approximate surface area is 157 Å². The van der Waals surface area contributed by atoms with E-state index in [9.17, 15) is 0 Å². The molecule has 1 aromatic heterocycles. The van der Waals surface area contributed by atoms with Crippen molar-refractivity contribution in [3.8, 4) is 22.9 Å². The van der Waals surface area contributed by atoms with Crippen molar-refractivity contribution >= 4 is 24.0 Å². The average Bonchev–Trinajstić information content (AvgIpc) is 3.07. The molecule has 1 saturated heterocycles. The molecule has 2 aliphatic rings. The van der Waals surface area contributed by atoms with Gasteiger partial charge in [0.05, 0.1) is 19.2 Å². The molecule has 136 valence electrons. The number of methoxy groups -OCH3 is 2. The summed E-state index contributed by atoms with van der Waals surface area (Å²) >= 11 is 6.26. The highest BCUT2D eigenvalue weighted by Crippen LogP contribution is 2.63. The molecule has 8 heteroatoms. The fourth-order valence-corrected chi connectivity index (χ4v) is 4.00. The minimum Gasteiger partial charge on any atom is -0.493 e. The fraction of sp³-hybridized carbons (Fsp3) is 0.529. The maximum atomic E-state index is 6.26. The number of nitrogens with zero attached hydrogens (tertiary/aromatic N) is 2. The van der Waals surface area contributed by atoms with Crippen molar-refractivity contribution < 1.29 is 14.0 Å². The Morgan fingerprint density at radius 3 is 2.68 bits per heavy atom. The fourth-order valence-electron chi connectivity index (χ4n) is 3.72. The van der Waals surface area contributed by atoms with E-state index in [2.05, 4.69) is 15.5 Å². The van der Waals surface area contributed by atoms with Gasteiger partial charge in [0.25, 0.3) is 0 Å². The van der Waals surface area contributed by atoms with Crippen LogP contribution in [0.2, 0.25) is 5.02 Å². The summed E-state index contributed by atoms with van der Waals surface area (Å²) < 4.78 is 16.1. The zero-order chi connectivity index (χ0) is 16.7. The molecule has 1 atom stereocenters. The van der Waals surface area contributed by atoms with E-state index in [1.54, 1.807) is 20.3 Å². The lowest BCUT2D eigenvalue weighted by Gasteiger charge is -2.22. The first-order valence-corrected chi connectivity index (χ1v) is 8.51. The number of piperidine rings is 1. The standard InChI is InChI=1S/C17H20ClN3O3.ClH/c1-22-13-8-10(7-12(18)14(13)23-2)15-20-16(24-21-15)11-9-17(11)3-5-19-6-4-17;/h7-8,11,19H,3-6,9H2,1-2H3;1H. The van der Waals surface area contributed by atoms with E-state index in [-0.39, 0.29) is 12.4 Å². The average molecular weight is 386 g/mol. The first-order valence-electron chi connectivity index (χ1n) is 8.13. The molecule has 6 nitrogen and oxygen atoms in total. The van der Waals surface area contributed by atoms with Crippen molar-refractivity contribution in [3.05, 3.63) is 23.0 Å². The Balaban J connectivity index is 0.00000182. The number of benzene rings is 1. The van der Waals surface area contributed by atoms with Gasteiger partial charge < -0.3 is 19.3 Å². The largest absolute Gasteiger partial charge is 0.493 e. The monoisotopic (exact) mass is 385 g/mol. The van der Waals surface area contributed by atoms with Gasteiger partial charge in [-0.15, -0.1) is 12.4 Å². The van der Waals surface area contributed by atoms with Crippen LogP contribution >= 0.6 is 24.0 Å². The third kappa shape index (κ3) is 3.18. The normalized spacial score (nSPS) is 20.8. The molecule has 4 rings (SSSR count). The molecule has 0 radical (unpaired) electrons. The summed E-state index contributed by atoms with van der Waals surface area (Å²) in [6, 6.07) is 3.58. The number of hydrogen-bond donors (Lipinski definition) is 1. The second-order valence-corrected chi connectivity index (χ2v) is 6.93. The van der Waals surface area contributed by atoms with Gasteiger partial charge in [-0.25, -0.2) is 0 Å².